The molecule has 0 spiro atoms. The molecule has 7 heteroatoms. The van der Waals surface area contributed by atoms with Crippen molar-refractivity contribution in [2.45, 2.75) is 20.4 Å². The quantitative estimate of drug-likeness (QED) is 0.442. The lowest BCUT2D eigenvalue weighted by Crippen LogP contribution is -2.16. The molecule has 158 valence electrons. The van der Waals surface area contributed by atoms with Gasteiger partial charge in [-0.1, -0.05) is 36.4 Å². The molecule has 0 aliphatic carbocycles. The second-order valence-corrected chi connectivity index (χ2v) is 7.78. The third-order valence-corrected chi connectivity index (χ3v) is 5.31. The zero-order chi connectivity index (χ0) is 22.1. The number of primary amides is 1. The van der Waals surface area contributed by atoms with E-state index in [2.05, 4.69) is 22.4 Å². The molecule has 0 atom stereocenters. The third-order valence-electron chi connectivity index (χ3n) is 5.31. The first-order chi connectivity index (χ1) is 14.9. The number of hydrogen-bond donors (Lipinski definition) is 3. The minimum atomic E-state index is -0.477. The van der Waals surface area contributed by atoms with Gasteiger partial charge < -0.3 is 20.9 Å². The van der Waals surface area contributed by atoms with Gasteiger partial charge in [-0.15, -0.1) is 0 Å². The summed E-state index contributed by atoms with van der Waals surface area (Å²) in [6.07, 6.45) is 0. The number of amides is 1. The molecule has 0 saturated carbocycles. The second kappa shape index (κ2) is 8.10. The number of nitrogens with zero attached hydrogens (tertiary/aromatic N) is 3. The highest BCUT2D eigenvalue weighted by Gasteiger charge is 2.21. The third kappa shape index (κ3) is 3.82. The Morgan fingerprint density at radius 1 is 1.06 bits per heavy atom. The molecule has 0 bridgehead atoms. The van der Waals surface area contributed by atoms with Crippen molar-refractivity contribution in [1.82, 2.24) is 15.0 Å². The van der Waals surface area contributed by atoms with E-state index in [1.165, 1.54) is 0 Å². The summed E-state index contributed by atoms with van der Waals surface area (Å²) >= 11 is 0. The minimum absolute atomic E-state index is 0.452. The molecule has 0 saturated heterocycles. The summed E-state index contributed by atoms with van der Waals surface area (Å²) in [7, 11) is 3.95. The Bertz CT molecular complexity index is 1260. The van der Waals surface area contributed by atoms with Crippen LogP contribution in [0.3, 0.4) is 0 Å². The van der Waals surface area contributed by atoms with Crippen molar-refractivity contribution >= 4 is 28.3 Å². The molecule has 7 nitrogen and oxygen atoms in total. The Labute approximate surface area is 181 Å². The summed E-state index contributed by atoms with van der Waals surface area (Å²) < 4.78 is 0. The molecule has 4 rings (SSSR count). The number of aromatic amines is 1. The van der Waals surface area contributed by atoms with Crippen molar-refractivity contribution < 1.29 is 4.79 Å². The summed E-state index contributed by atoms with van der Waals surface area (Å²) in [4.78, 5) is 27.1. The van der Waals surface area contributed by atoms with Crippen LogP contribution in [0.15, 0.2) is 48.5 Å². The van der Waals surface area contributed by atoms with Crippen molar-refractivity contribution in [2.75, 3.05) is 24.3 Å². The number of carbonyl (C=O) groups is 1. The molecular formula is C24H26N6O. The van der Waals surface area contributed by atoms with Gasteiger partial charge in [0, 0.05) is 48.4 Å². The Morgan fingerprint density at radius 3 is 2.48 bits per heavy atom. The Balaban J connectivity index is 1.88. The van der Waals surface area contributed by atoms with Gasteiger partial charge in [-0.05, 0) is 31.5 Å². The lowest BCUT2D eigenvalue weighted by Gasteiger charge is -2.21. The number of nitrogens with one attached hydrogen (secondary N) is 2. The lowest BCUT2D eigenvalue weighted by atomic mass is 10.0. The fourth-order valence-corrected chi connectivity index (χ4v) is 3.98. The van der Waals surface area contributed by atoms with Gasteiger partial charge in [0.05, 0.1) is 5.69 Å². The van der Waals surface area contributed by atoms with Crippen LogP contribution in [0.2, 0.25) is 0 Å². The zero-order valence-corrected chi connectivity index (χ0v) is 18.2. The van der Waals surface area contributed by atoms with Crippen LogP contribution in [0.4, 0.5) is 11.5 Å². The summed E-state index contributed by atoms with van der Waals surface area (Å²) in [5, 5.41) is 4.21. The van der Waals surface area contributed by atoms with E-state index in [9.17, 15) is 4.79 Å². The Hall–Kier alpha value is -3.87. The van der Waals surface area contributed by atoms with E-state index >= 15 is 0 Å². The van der Waals surface area contributed by atoms with Crippen LogP contribution in [-0.2, 0) is 6.54 Å². The highest BCUT2D eigenvalue weighted by atomic mass is 16.1. The Kier molecular flexibility index (Phi) is 5.33. The van der Waals surface area contributed by atoms with E-state index in [1.54, 1.807) is 6.07 Å². The second-order valence-electron chi connectivity index (χ2n) is 7.78. The topological polar surface area (TPSA) is 99.9 Å². The van der Waals surface area contributed by atoms with E-state index in [-0.39, 0.29) is 0 Å². The van der Waals surface area contributed by atoms with Gasteiger partial charge in [0.25, 0.3) is 0 Å². The molecule has 0 radical (unpaired) electrons. The van der Waals surface area contributed by atoms with Gasteiger partial charge in [-0.2, -0.15) is 0 Å². The van der Waals surface area contributed by atoms with Gasteiger partial charge in [-0.25, -0.2) is 9.97 Å². The van der Waals surface area contributed by atoms with Gasteiger partial charge in [0.15, 0.2) is 11.6 Å². The number of rotatable bonds is 6. The fourth-order valence-electron chi connectivity index (χ4n) is 3.98. The maximum atomic E-state index is 12.1. The minimum Gasteiger partial charge on any atom is -0.373 e. The van der Waals surface area contributed by atoms with Crippen LogP contribution in [0, 0.1) is 13.8 Å². The van der Waals surface area contributed by atoms with Crippen LogP contribution in [-0.4, -0.2) is 35.0 Å². The first-order valence-electron chi connectivity index (χ1n) is 10.1. The number of nitrogens with two attached hydrogens (primary N) is 1. The monoisotopic (exact) mass is 414 g/mol. The number of aromatic nitrogens is 3. The van der Waals surface area contributed by atoms with E-state index in [0.717, 1.165) is 44.9 Å². The highest BCUT2D eigenvalue weighted by Crippen LogP contribution is 2.35. The van der Waals surface area contributed by atoms with Gasteiger partial charge >= 0.3 is 0 Å². The number of anilines is 2. The molecule has 0 aliphatic rings. The first kappa shape index (κ1) is 20.4. The predicted octanol–water partition coefficient (Wildman–Crippen LogP) is 4.02. The van der Waals surface area contributed by atoms with E-state index in [0.29, 0.717) is 17.9 Å². The van der Waals surface area contributed by atoms with Gasteiger partial charge in [0.2, 0.25) is 5.91 Å². The van der Waals surface area contributed by atoms with Crippen LogP contribution in [0.5, 0.6) is 0 Å². The van der Waals surface area contributed by atoms with Crippen LogP contribution >= 0.6 is 0 Å². The lowest BCUT2D eigenvalue weighted by molar-refractivity contribution is 0.100. The molecule has 4 aromatic rings. The van der Waals surface area contributed by atoms with Crippen molar-refractivity contribution in [2.24, 2.45) is 5.73 Å². The molecule has 0 fully saturated rings. The maximum Gasteiger partial charge on any atom is 0.249 e. The average molecular weight is 415 g/mol. The molecule has 2 aromatic heterocycles. The average Bonchev–Trinajstić information content (AvgIpc) is 3.07. The van der Waals surface area contributed by atoms with Gasteiger partial charge in [0.1, 0.15) is 5.69 Å². The number of aryl methyl sites for hydroxylation is 2. The van der Waals surface area contributed by atoms with Crippen LogP contribution in [0.25, 0.3) is 22.3 Å². The molecule has 31 heavy (non-hydrogen) atoms. The standard InChI is InChI=1S/C24H26N6O/c1-14-19(20-17(22(25)31)11-8-12-18(20)27-14)23-28-15(2)21(30(3)4)24(29-23)26-13-16-9-6-5-7-10-16/h5-12,27H,13H2,1-4H3,(H2,25,31)(H,26,28,29). The van der Waals surface area contributed by atoms with E-state index in [4.69, 9.17) is 15.7 Å². The molecule has 2 heterocycles. The highest BCUT2D eigenvalue weighted by molar-refractivity contribution is 6.11. The molecule has 0 aliphatic heterocycles. The van der Waals surface area contributed by atoms with E-state index in [1.807, 2.05) is 63.2 Å². The van der Waals surface area contributed by atoms with Gasteiger partial charge in [-0.3, -0.25) is 4.79 Å². The van der Waals surface area contributed by atoms with Crippen molar-refractivity contribution in [1.29, 1.82) is 0 Å². The SMILES string of the molecule is Cc1nc(-c2c(C)[nH]c3cccc(C(N)=O)c23)nc(NCc2ccccc2)c1N(C)C. The van der Waals surface area contributed by atoms with Crippen molar-refractivity contribution in [3.05, 3.63) is 71.0 Å². The van der Waals surface area contributed by atoms with E-state index < -0.39 is 5.91 Å². The van der Waals surface area contributed by atoms with Crippen molar-refractivity contribution in [3.63, 3.8) is 0 Å². The number of fused-ring (bicyclic) bond motifs is 1. The summed E-state index contributed by atoms with van der Waals surface area (Å²) in [6, 6.07) is 15.6. The molecule has 1 amide bonds. The molecule has 2 aromatic carbocycles. The first-order valence-corrected chi connectivity index (χ1v) is 10.1. The molecule has 4 N–H and O–H groups in total. The maximum absolute atomic E-state index is 12.1. The Morgan fingerprint density at radius 2 is 1.81 bits per heavy atom. The van der Waals surface area contributed by atoms with Crippen LogP contribution < -0.4 is 16.0 Å². The summed E-state index contributed by atoms with van der Waals surface area (Å²) in [5.74, 6) is 0.813. The summed E-state index contributed by atoms with van der Waals surface area (Å²) in [5.41, 5.74) is 11.5. The number of H-pyrrole nitrogens is 1. The zero-order valence-electron chi connectivity index (χ0n) is 18.2. The number of carbonyl (C=O) groups excluding carboxylic acids is 1. The number of hydrogen-bond acceptors (Lipinski definition) is 5. The molecule has 0 unspecified atom stereocenters. The van der Waals surface area contributed by atoms with Crippen LogP contribution in [0.1, 0.15) is 27.3 Å². The number of benzene rings is 2. The van der Waals surface area contributed by atoms with Crippen molar-refractivity contribution in [3.8, 4) is 11.4 Å². The largest absolute Gasteiger partial charge is 0.373 e. The fraction of sp³-hybridized carbons (Fsp3) is 0.208. The predicted molar refractivity (Wildman–Crippen MR) is 125 cm³/mol. The summed E-state index contributed by atoms with van der Waals surface area (Å²) in [6.45, 7) is 4.56. The normalized spacial score (nSPS) is 11.0. The molecular weight excluding hydrogens is 388 g/mol. The smallest absolute Gasteiger partial charge is 0.249 e.